The van der Waals surface area contributed by atoms with Gasteiger partial charge >= 0.3 is 5.97 Å². The molecule has 1 N–H and O–H groups in total. The van der Waals surface area contributed by atoms with Crippen molar-refractivity contribution in [3.05, 3.63) is 58.6 Å². The first kappa shape index (κ1) is 23.1. The lowest BCUT2D eigenvalue weighted by Crippen LogP contribution is -2.41. The van der Waals surface area contributed by atoms with E-state index in [1.165, 1.54) is 25.3 Å². The Labute approximate surface area is 183 Å². The maximum absolute atomic E-state index is 13.9. The van der Waals surface area contributed by atoms with Crippen LogP contribution < -0.4 is 5.32 Å². The molecule has 0 radical (unpaired) electrons. The summed E-state index contributed by atoms with van der Waals surface area (Å²) < 4.78 is 58.3. The number of rotatable bonds is 5. The van der Waals surface area contributed by atoms with E-state index in [9.17, 15) is 26.8 Å². The Bertz CT molecular complexity index is 1120. The number of ether oxygens (including phenoxy) is 1. The van der Waals surface area contributed by atoms with Gasteiger partial charge in [0.2, 0.25) is 15.9 Å². The largest absolute Gasteiger partial charge is 0.465 e. The molecule has 0 aromatic heterocycles. The predicted molar refractivity (Wildman–Crippen MR) is 109 cm³/mol. The zero-order valence-corrected chi connectivity index (χ0v) is 18.0. The topological polar surface area (TPSA) is 92.8 Å². The van der Waals surface area contributed by atoms with Crippen molar-refractivity contribution in [2.75, 3.05) is 25.5 Å². The fraction of sp³-hybridized carbons (Fsp3) is 0.300. The summed E-state index contributed by atoms with van der Waals surface area (Å²) in [5.41, 5.74) is 0.437. The van der Waals surface area contributed by atoms with E-state index in [0.717, 1.165) is 16.4 Å². The Morgan fingerprint density at radius 3 is 2.45 bits per heavy atom. The molecule has 0 aliphatic carbocycles. The minimum absolute atomic E-state index is 0.0354. The van der Waals surface area contributed by atoms with Crippen LogP contribution in [-0.4, -0.2) is 44.8 Å². The molecule has 1 aliphatic heterocycles. The van der Waals surface area contributed by atoms with Crippen LogP contribution in [0.5, 0.6) is 0 Å². The van der Waals surface area contributed by atoms with Crippen LogP contribution >= 0.6 is 11.6 Å². The summed E-state index contributed by atoms with van der Waals surface area (Å²) in [6.07, 6.45) is 0.354. The van der Waals surface area contributed by atoms with Crippen molar-refractivity contribution < 1.29 is 31.5 Å². The number of nitrogens with one attached hydrogen (secondary N) is 1. The van der Waals surface area contributed by atoms with Crippen molar-refractivity contribution in [2.24, 2.45) is 5.92 Å². The van der Waals surface area contributed by atoms with Crippen molar-refractivity contribution in [3.8, 4) is 0 Å². The van der Waals surface area contributed by atoms with E-state index in [4.69, 9.17) is 11.6 Å². The number of sulfonamides is 1. The van der Waals surface area contributed by atoms with Crippen molar-refractivity contribution >= 4 is 39.2 Å². The number of esters is 1. The minimum Gasteiger partial charge on any atom is -0.465 e. The number of methoxy groups -OCH3 is 1. The van der Waals surface area contributed by atoms with E-state index in [1.807, 2.05) is 0 Å². The fourth-order valence-electron chi connectivity index (χ4n) is 3.27. The Morgan fingerprint density at radius 1 is 1.13 bits per heavy atom. The summed E-state index contributed by atoms with van der Waals surface area (Å²) in [5, 5.41) is 2.87. The van der Waals surface area contributed by atoms with Crippen LogP contribution in [-0.2, 0) is 19.6 Å². The molecule has 2 aromatic carbocycles. The van der Waals surface area contributed by atoms with Crippen LogP contribution in [0.1, 0.15) is 23.2 Å². The van der Waals surface area contributed by atoms with Crippen LogP contribution in [0.2, 0.25) is 5.02 Å². The molecule has 7 nitrogen and oxygen atoms in total. The molecule has 11 heteroatoms. The van der Waals surface area contributed by atoms with Gasteiger partial charge in [-0.25, -0.2) is 22.0 Å². The Kier molecular flexibility index (Phi) is 6.93. The van der Waals surface area contributed by atoms with Gasteiger partial charge in [-0.15, -0.1) is 0 Å². The molecule has 3 rings (SSSR count). The lowest BCUT2D eigenvalue weighted by atomic mass is 9.97. The zero-order chi connectivity index (χ0) is 22.8. The number of amides is 1. The highest BCUT2D eigenvalue weighted by Crippen LogP contribution is 2.28. The maximum Gasteiger partial charge on any atom is 0.337 e. The second-order valence-electron chi connectivity index (χ2n) is 6.93. The maximum atomic E-state index is 13.9. The van der Waals surface area contributed by atoms with Crippen LogP contribution in [0.4, 0.5) is 14.5 Å². The average molecular weight is 473 g/mol. The number of benzene rings is 2. The monoisotopic (exact) mass is 472 g/mol. The molecule has 1 aliphatic rings. The summed E-state index contributed by atoms with van der Waals surface area (Å²) in [6.45, 7) is -0.0708. The van der Waals surface area contributed by atoms with Gasteiger partial charge in [-0.2, -0.15) is 4.31 Å². The smallest absolute Gasteiger partial charge is 0.337 e. The SMILES string of the molecule is COC(=O)c1ccc(Cl)c(NC(=O)C2CCN(S(=O)(=O)c3cc(F)ccc3F)CC2)c1. The van der Waals surface area contributed by atoms with E-state index in [-0.39, 0.29) is 42.2 Å². The first-order valence-electron chi connectivity index (χ1n) is 9.27. The number of piperidine rings is 1. The second-order valence-corrected chi connectivity index (χ2v) is 9.24. The molecule has 1 amide bonds. The number of anilines is 1. The van der Waals surface area contributed by atoms with Crippen LogP contribution in [0.3, 0.4) is 0 Å². The van der Waals surface area contributed by atoms with E-state index in [2.05, 4.69) is 10.1 Å². The van der Waals surface area contributed by atoms with Gasteiger partial charge in [0.1, 0.15) is 16.5 Å². The van der Waals surface area contributed by atoms with Crippen molar-refractivity contribution in [1.82, 2.24) is 4.31 Å². The lowest BCUT2D eigenvalue weighted by molar-refractivity contribution is -0.120. The number of carbonyl (C=O) groups excluding carboxylic acids is 2. The highest BCUT2D eigenvalue weighted by Gasteiger charge is 2.34. The summed E-state index contributed by atoms with van der Waals surface area (Å²) in [7, 11) is -3.00. The van der Waals surface area contributed by atoms with Crippen LogP contribution in [0.25, 0.3) is 0 Å². The quantitative estimate of drug-likeness (QED) is 0.673. The highest BCUT2D eigenvalue weighted by atomic mass is 35.5. The third-order valence-electron chi connectivity index (χ3n) is 4.98. The van der Waals surface area contributed by atoms with Gasteiger partial charge in [-0.05, 0) is 49.2 Å². The molecule has 1 fully saturated rings. The van der Waals surface area contributed by atoms with Gasteiger partial charge in [0.05, 0.1) is 23.4 Å². The Morgan fingerprint density at radius 2 is 1.81 bits per heavy atom. The number of hydrogen-bond acceptors (Lipinski definition) is 5. The highest BCUT2D eigenvalue weighted by molar-refractivity contribution is 7.89. The standard InChI is InChI=1S/C20H19ClF2N2O5S/c1-30-20(27)13-2-4-15(21)17(10-13)24-19(26)12-6-8-25(9-7-12)31(28,29)18-11-14(22)3-5-16(18)23/h2-5,10-12H,6-9H2,1H3,(H,24,26). The van der Waals surface area contributed by atoms with E-state index in [0.29, 0.717) is 6.07 Å². The molecule has 166 valence electrons. The van der Waals surface area contributed by atoms with Crippen LogP contribution in [0.15, 0.2) is 41.3 Å². The van der Waals surface area contributed by atoms with Crippen molar-refractivity contribution in [3.63, 3.8) is 0 Å². The molecule has 0 saturated carbocycles. The first-order valence-corrected chi connectivity index (χ1v) is 11.1. The predicted octanol–water partition coefficient (Wildman–Crippen LogP) is 3.44. The summed E-state index contributed by atoms with van der Waals surface area (Å²) >= 11 is 6.08. The molecular weight excluding hydrogens is 454 g/mol. The number of carbonyl (C=O) groups is 2. The minimum atomic E-state index is -4.23. The fourth-order valence-corrected chi connectivity index (χ4v) is 4.98. The molecule has 1 saturated heterocycles. The molecule has 1 heterocycles. The Balaban J connectivity index is 1.68. The summed E-state index contributed by atoms with van der Waals surface area (Å²) in [5.74, 6) is -3.41. The molecule has 2 aromatic rings. The normalized spacial score (nSPS) is 15.5. The summed E-state index contributed by atoms with van der Waals surface area (Å²) in [4.78, 5) is 23.6. The van der Waals surface area contributed by atoms with Gasteiger partial charge in [0.25, 0.3) is 0 Å². The first-order chi connectivity index (χ1) is 14.6. The third-order valence-corrected chi connectivity index (χ3v) is 7.22. The molecule has 31 heavy (non-hydrogen) atoms. The van der Waals surface area contributed by atoms with Gasteiger partial charge in [-0.3, -0.25) is 4.79 Å². The summed E-state index contributed by atoms with van der Waals surface area (Å²) in [6, 6.07) is 6.53. The number of nitrogens with zero attached hydrogens (tertiary/aromatic N) is 1. The number of halogens is 3. The van der Waals surface area contributed by atoms with E-state index < -0.39 is 44.3 Å². The third kappa shape index (κ3) is 5.03. The lowest BCUT2D eigenvalue weighted by Gasteiger charge is -2.30. The van der Waals surface area contributed by atoms with Crippen molar-refractivity contribution in [1.29, 1.82) is 0 Å². The number of hydrogen-bond donors (Lipinski definition) is 1. The van der Waals surface area contributed by atoms with E-state index >= 15 is 0 Å². The zero-order valence-electron chi connectivity index (χ0n) is 16.4. The molecular formula is C20H19ClF2N2O5S. The molecule has 0 atom stereocenters. The van der Waals surface area contributed by atoms with Gasteiger partial charge < -0.3 is 10.1 Å². The van der Waals surface area contributed by atoms with Gasteiger partial charge in [0, 0.05) is 19.0 Å². The van der Waals surface area contributed by atoms with Crippen molar-refractivity contribution in [2.45, 2.75) is 17.7 Å². The van der Waals surface area contributed by atoms with E-state index in [1.54, 1.807) is 0 Å². The molecule has 0 spiro atoms. The average Bonchev–Trinajstić information content (AvgIpc) is 2.76. The Hall–Kier alpha value is -2.56. The van der Waals surface area contributed by atoms with Crippen LogP contribution in [0, 0.1) is 17.6 Å². The molecule has 0 unspecified atom stereocenters. The second kappa shape index (κ2) is 9.29. The van der Waals surface area contributed by atoms with Gasteiger partial charge in [0.15, 0.2) is 0 Å². The van der Waals surface area contributed by atoms with Gasteiger partial charge in [-0.1, -0.05) is 11.6 Å². The molecule has 0 bridgehead atoms.